The van der Waals surface area contributed by atoms with E-state index < -0.39 is 63.0 Å². The van der Waals surface area contributed by atoms with Gasteiger partial charge in [0.15, 0.2) is 29.1 Å². The van der Waals surface area contributed by atoms with Crippen LogP contribution in [-0.4, -0.2) is 64.4 Å². The van der Waals surface area contributed by atoms with E-state index in [1.54, 1.807) is 0 Å². The molecule has 154 valence electrons. The Kier molecular flexibility index (Phi) is 4.09. The summed E-state index contributed by atoms with van der Waals surface area (Å²) < 4.78 is 9.97. The zero-order chi connectivity index (χ0) is 22.1. The number of rotatable bonds is 2. The molecule has 0 spiro atoms. The molecule has 2 atom stereocenters. The highest BCUT2D eigenvalue weighted by atomic mass is 16.5. The van der Waals surface area contributed by atoms with E-state index in [0.717, 1.165) is 26.2 Å². The first-order valence-corrected chi connectivity index (χ1v) is 8.80. The molecule has 2 aromatic rings. The first kappa shape index (κ1) is 19.7. The van der Waals surface area contributed by atoms with Gasteiger partial charge in [0, 0.05) is 29.9 Å². The minimum Gasteiger partial charge on any atom is -0.507 e. The third-order valence-corrected chi connectivity index (χ3v) is 5.51. The lowest BCUT2D eigenvalue weighted by atomic mass is 9.73. The molecular formula is C21H16O9. The van der Waals surface area contributed by atoms with Crippen LogP contribution < -0.4 is 4.74 Å². The Morgan fingerprint density at radius 3 is 2.10 bits per heavy atom. The van der Waals surface area contributed by atoms with Crippen molar-refractivity contribution in [2.24, 2.45) is 0 Å². The predicted molar refractivity (Wildman–Crippen MR) is 99.7 cm³/mol. The summed E-state index contributed by atoms with van der Waals surface area (Å²) in [4.78, 5) is 51.8. The summed E-state index contributed by atoms with van der Waals surface area (Å²) in [7, 11) is 2.42. The Balaban J connectivity index is 2.05. The van der Waals surface area contributed by atoms with E-state index in [0.29, 0.717) is 0 Å². The van der Waals surface area contributed by atoms with Crippen LogP contribution in [0.15, 0.2) is 18.2 Å². The maximum Gasteiger partial charge on any atom is 0.201 e. The first-order chi connectivity index (χ1) is 14.1. The molecule has 30 heavy (non-hydrogen) atoms. The lowest BCUT2D eigenvalue weighted by molar-refractivity contribution is -0.0473. The van der Waals surface area contributed by atoms with E-state index in [2.05, 4.69) is 0 Å². The lowest BCUT2D eigenvalue weighted by Crippen LogP contribution is -2.55. The molecule has 2 unspecified atom stereocenters. The number of carbonyl (C=O) groups excluding carboxylic acids is 4. The van der Waals surface area contributed by atoms with Crippen molar-refractivity contribution >= 4 is 23.1 Å². The summed E-state index contributed by atoms with van der Waals surface area (Å²) in [5.41, 5.74) is -4.52. The Morgan fingerprint density at radius 2 is 1.50 bits per heavy atom. The van der Waals surface area contributed by atoms with Crippen LogP contribution in [-0.2, 0) is 4.74 Å². The second kappa shape index (κ2) is 6.22. The number of fused-ring (bicyclic) bond motifs is 3. The van der Waals surface area contributed by atoms with Gasteiger partial charge < -0.3 is 24.8 Å². The summed E-state index contributed by atoms with van der Waals surface area (Å²) in [5, 5.41) is 31.5. The van der Waals surface area contributed by atoms with Crippen LogP contribution in [0.1, 0.15) is 59.5 Å². The minimum atomic E-state index is -2.24. The van der Waals surface area contributed by atoms with Gasteiger partial charge in [0.1, 0.15) is 17.2 Å². The van der Waals surface area contributed by atoms with Crippen molar-refractivity contribution in [2.75, 3.05) is 14.2 Å². The Morgan fingerprint density at radius 1 is 0.867 bits per heavy atom. The van der Waals surface area contributed by atoms with Gasteiger partial charge in [0.25, 0.3) is 0 Å². The molecule has 9 nitrogen and oxygen atoms in total. The lowest BCUT2D eigenvalue weighted by Gasteiger charge is -2.35. The fourth-order valence-electron chi connectivity index (χ4n) is 4.03. The molecule has 2 aliphatic rings. The second-order valence-electron chi connectivity index (χ2n) is 7.25. The summed E-state index contributed by atoms with van der Waals surface area (Å²) in [6.07, 6.45) is -1.61. The number of ketones is 4. The topological polar surface area (TPSA) is 147 Å². The van der Waals surface area contributed by atoms with Crippen LogP contribution in [0.5, 0.6) is 17.2 Å². The van der Waals surface area contributed by atoms with Crippen LogP contribution in [0.25, 0.3) is 0 Å². The van der Waals surface area contributed by atoms with Crippen molar-refractivity contribution in [2.45, 2.75) is 18.6 Å². The maximum atomic E-state index is 13.1. The number of Topliss-reactive ketones (excluding diaryl/α,β-unsaturated/α-hetero) is 2. The summed E-state index contributed by atoms with van der Waals surface area (Å²) in [5.74, 6) is -4.81. The molecule has 2 aromatic carbocycles. The second-order valence-corrected chi connectivity index (χ2v) is 7.25. The van der Waals surface area contributed by atoms with Crippen molar-refractivity contribution in [1.82, 2.24) is 0 Å². The maximum absolute atomic E-state index is 13.1. The number of phenolic OH excluding ortho intramolecular Hbond substituents is 2. The normalized spacial score (nSPS) is 22.5. The number of hydrogen-bond acceptors (Lipinski definition) is 9. The zero-order valence-electron chi connectivity index (χ0n) is 16.1. The molecule has 2 aliphatic carbocycles. The zero-order valence-corrected chi connectivity index (χ0v) is 16.1. The quantitative estimate of drug-likeness (QED) is 0.561. The highest BCUT2D eigenvalue weighted by molar-refractivity contribution is 6.33. The van der Waals surface area contributed by atoms with Crippen LogP contribution in [0, 0.1) is 0 Å². The molecule has 0 saturated heterocycles. The Hall–Kier alpha value is -3.56. The van der Waals surface area contributed by atoms with Crippen molar-refractivity contribution in [1.29, 1.82) is 0 Å². The predicted octanol–water partition coefficient (Wildman–Crippen LogP) is 1.03. The number of ether oxygens (including phenoxy) is 2. The molecule has 0 radical (unpaired) electrons. The molecule has 3 N–H and O–H groups in total. The van der Waals surface area contributed by atoms with Crippen molar-refractivity contribution < 1.29 is 44.0 Å². The summed E-state index contributed by atoms with van der Waals surface area (Å²) >= 11 is 0. The van der Waals surface area contributed by atoms with Gasteiger partial charge in [-0.2, -0.15) is 0 Å². The standard InChI is InChI=1S/C21H16O9/c1-21(28)19(27)10-6-9-13(17(25)14(10)18(26)20(21)30-3)16(24)12-8(15(9)23)4-7(29-2)5-11(12)22/h4-6,20,22,25,28H,1-3H3. The monoisotopic (exact) mass is 412 g/mol. The summed E-state index contributed by atoms with van der Waals surface area (Å²) in [6, 6.07) is 3.39. The van der Waals surface area contributed by atoms with Gasteiger partial charge in [-0.05, 0) is 19.1 Å². The third kappa shape index (κ3) is 2.30. The molecule has 0 bridgehead atoms. The number of benzene rings is 2. The average molecular weight is 412 g/mol. The van der Waals surface area contributed by atoms with Crippen LogP contribution in [0.3, 0.4) is 0 Å². The number of methoxy groups -OCH3 is 2. The Labute approximate surface area is 169 Å². The fourth-order valence-corrected chi connectivity index (χ4v) is 4.03. The van der Waals surface area contributed by atoms with Crippen molar-refractivity contribution in [3.8, 4) is 17.2 Å². The number of carbonyl (C=O) groups is 4. The van der Waals surface area contributed by atoms with Gasteiger partial charge in [0.2, 0.25) is 5.78 Å². The average Bonchev–Trinajstić information content (AvgIpc) is 2.69. The Bertz CT molecular complexity index is 1190. The van der Waals surface area contributed by atoms with E-state index in [9.17, 15) is 34.5 Å². The van der Waals surface area contributed by atoms with E-state index in [1.807, 2.05) is 0 Å². The third-order valence-electron chi connectivity index (χ3n) is 5.51. The molecule has 4 rings (SSSR count). The smallest absolute Gasteiger partial charge is 0.201 e. The van der Waals surface area contributed by atoms with Gasteiger partial charge >= 0.3 is 0 Å². The number of aliphatic hydroxyl groups is 1. The van der Waals surface area contributed by atoms with Crippen LogP contribution in [0.4, 0.5) is 0 Å². The molecule has 0 aromatic heterocycles. The molecule has 0 saturated carbocycles. The molecule has 9 heteroatoms. The molecule has 0 aliphatic heterocycles. The molecule has 0 amide bonds. The first-order valence-electron chi connectivity index (χ1n) is 8.80. The van der Waals surface area contributed by atoms with Gasteiger partial charge in [-0.25, -0.2) is 0 Å². The molecular weight excluding hydrogens is 396 g/mol. The fraction of sp³-hybridized carbons (Fsp3) is 0.238. The van der Waals surface area contributed by atoms with E-state index in [1.165, 1.54) is 13.2 Å². The number of aromatic hydroxyl groups is 2. The minimum absolute atomic E-state index is 0.121. The largest absolute Gasteiger partial charge is 0.507 e. The van der Waals surface area contributed by atoms with E-state index >= 15 is 0 Å². The van der Waals surface area contributed by atoms with Crippen LogP contribution in [0.2, 0.25) is 0 Å². The van der Waals surface area contributed by atoms with E-state index in [-0.39, 0.29) is 22.4 Å². The van der Waals surface area contributed by atoms with Gasteiger partial charge in [-0.3, -0.25) is 19.2 Å². The van der Waals surface area contributed by atoms with Crippen molar-refractivity contribution in [3.05, 3.63) is 51.6 Å². The van der Waals surface area contributed by atoms with E-state index in [4.69, 9.17) is 9.47 Å². The van der Waals surface area contributed by atoms with Crippen LogP contribution >= 0.6 is 0 Å². The SMILES string of the molecule is COc1cc(O)c2c(c1)C(=O)c1cc3c(c(O)c1C2=O)C(=O)C(OC)C(C)(O)C3=O. The molecule has 0 fully saturated rings. The molecule has 0 heterocycles. The highest BCUT2D eigenvalue weighted by Gasteiger charge is 2.52. The van der Waals surface area contributed by atoms with Gasteiger partial charge in [0.05, 0.1) is 23.8 Å². The van der Waals surface area contributed by atoms with Gasteiger partial charge in [-0.15, -0.1) is 0 Å². The highest BCUT2D eigenvalue weighted by Crippen LogP contribution is 2.44. The summed E-state index contributed by atoms with van der Waals surface area (Å²) in [6.45, 7) is 1.09. The van der Waals surface area contributed by atoms with Crippen molar-refractivity contribution in [3.63, 3.8) is 0 Å². The van der Waals surface area contributed by atoms with Gasteiger partial charge in [-0.1, -0.05) is 0 Å². The number of hydrogen-bond donors (Lipinski definition) is 3. The number of phenols is 2.